The molecule has 2 aliphatic heterocycles. The predicted octanol–water partition coefficient (Wildman–Crippen LogP) is -0.277. The van der Waals surface area contributed by atoms with Gasteiger partial charge in [0.15, 0.2) is 11.6 Å². The number of morpholine rings is 1. The van der Waals surface area contributed by atoms with Crippen molar-refractivity contribution in [2.24, 2.45) is 0 Å². The molecular weight excluding hydrogens is 230 g/mol. The summed E-state index contributed by atoms with van der Waals surface area (Å²) in [5, 5.41) is 3.36. The normalized spacial score (nSPS) is 21.1. The molecule has 2 fully saturated rings. The van der Waals surface area contributed by atoms with E-state index in [1.54, 1.807) is 12.4 Å². The molecule has 1 aromatic rings. The SMILES string of the molecule is c1cnc(N2CCOCC2)c(N2CCNCC2)n1. The van der Waals surface area contributed by atoms with Crippen LogP contribution in [0.4, 0.5) is 11.6 Å². The molecule has 0 bridgehead atoms. The van der Waals surface area contributed by atoms with Gasteiger partial charge in [-0.25, -0.2) is 9.97 Å². The van der Waals surface area contributed by atoms with Crippen molar-refractivity contribution in [3.63, 3.8) is 0 Å². The largest absolute Gasteiger partial charge is 0.378 e. The molecule has 0 atom stereocenters. The zero-order valence-corrected chi connectivity index (χ0v) is 10.5. The fourth-order valence-corrected chi connectivity index (χ4v) is 2.42. The van der Waals surface area contributed by atoms with Crippen molar-refractivity contribution in [3.8, 4) is 0 Å². The molecule has 1 aromatic heterocycles. The number of ether oxygens (including phenoxy) is 1. The fourth-order valence-electron chi connectivity index (χ4n) is 2.42. The topological polar surface area (TPSA) is 53.5 Å². The standard InChI is InChI=1S/C12H19N5O/c1-2-15-12(17-7-9-18-10-8-17)11(14-1)16-5-3-13-4-6-16/h1-2,13H,3-10H2. The van der Waals surface area contributed by atoms with Crippen LogP contribution in [0.25, 0.3) is 0 Å². The number of anilines is 2. The van der Waals surface area contributed by atoms with Gasteiger partial charge in [0, 0.05) is 51.7 Å². The maximum absolute atomic E-state index is 5.39. The molecule has 0 aromatic carbocycles. The van der Waals surface area contributed by atoms with Crippen LogP contribution in [0, 0.1) is 0 Å². The lowest BCUT2D eigenvalue weighted by Gasteiger charge is -2.34. The van der Waals surface area contributed by atoms with Crippen molar-refractivity contribution in [2.45, 2.75) is 0 Å². The first-order valence-corrected chi connectivity index (χ1v) is 6.54. The second-order valence-corrected chi connectivity index (χ2v) is 4.54. The van der Waals surface area contributed by atoms with Crippen molar-refractivity contribution in [1.82, 2.24) is 15.3 Å². The van der Waals surface area contributed by atoms with E-state index in [4.69, 9.17) is 4.74 Å². The Morgan fingerprint density at radius 2 is 1.44 bits per heavy atom. The van der Waals surface area contributed by atoms with Crippen LogP contribution in [0.1, 0.15) is 0 Å². The quantitative estimate of drug-likeness (QED) is 0.778. The molecule has 0 saturated carbocycles. The molecule has 98 valence electrons. The second kappa shape index (κ2) is 5.49. The second-order valence-electron chi connectivity index (χ2n) is 4.54. The molecule has 1 N–H and O–H groups in total. The molecule has 0 unspecified atom stereocenters. The third kappa shape index (κ3) is 2.39. The van der Waals surface area contributed by atoms with E-state index < -0.39 is 0 Å². The molecule has 0 amide bonds. The lowest BCUT2D eigenvalue weighted by molar-refractivity contribution is 0.122. The van der Waals surface area contributed by atoms with Crippen LogP contribution in [0.2, 0.25) is 0 Å². The first-order chi connectivity index (χ1) is 8.95. The molecule has 3 rings (SSSR count). The van der Waals surface area contributed by atoms with E-state index in [1.807, 2.05) is 0 Å². The van der Waals surface area contributed by atoms with Gasteiger partial charge >= 0.3 is 0 Å². The Hall–Kier alpha value is -1.40. The minimum atomic E-state index is 0.775. The van der Waals surface area contributed by atoms with Crippen molar-refractivity contribution in [1.29, 1.82) is 0 Å². The maximum atomic E-state index is 5.39. The Morgan fingerprint density at radius 3 is 2.06 bits per heavy atom. The lowest BCUT2D eigenvalue weighted by Crippen LogP contribution is -2.45. The number of piperazine rings is 1. The molecule has 6 heteroatoms. The smallest absolute Gasteiger partial charge is 0.172 e. The molecule has 18 heavy (non-hydrogen) atoms. The minimum absolute atomic E-state index is 0.775. The number of hydrogen-bond acceptors (Lipinski definition) is 6. The summed E-state index contributed by atoms with van der Waals surface area (Å²) in [4.78, 5) is 13.6. The van der Waals surface area contributed by atoms with Crippen LogP contribution in [0.3, 0.4) is 0 Å². The molecule has 2 aliphatic rings. The Kier molecular flexibility index (Phi) is 3.56. The zero-order valence-electron chi connectivity index (χ0n) is 10.5. The molecule has 0 spiro atoms. The average Bonchev–Trinajstić information content (AvgIpc) is 2.49. The summed E-state index contributed by atoms with van der Waals surface area (Å²) < 4.78 is 5.39. The highest BCUT2D eigenvalue weighted by atomic mass is 16.5. The van der Waals surface area contributed by atoms with Crippen molar-refractivity contribution in [3.05, 3.63) is 12.4 Å². The molecule has 6 nitrogen and oxygen atoms in total. The third-order valence-corrected chi connectivity index (χ3v) is 3.39. The summed E-state index contributed by atoms with van der Waals surface area (Å²) in [5.74, 6) is 2.02. The highest BCUT2D eigenvalue weighted by molar-refractivity contribution is 5.62. The van der Waals surface area contributed by atoms with E-state index >= 15 is 0 Å². The van der Waals surface area contributed by atoms with Crippen LogP contribution in [0.15, 0.2) is 12.4 Å². The highest BCUT2D eigenvalue weighted by Gasteiger charge is 2.21. The van der Waals surface area contributed by atoms with Crippen LogP contribution in [-0.4, -0.2) is 62.5 Å². The van der Waals surface area contributed by atoms with E-state index in [0.29, 0.717) is 0 Å². The van der Waals surface area contributed by atoms with Gasteiger partial charge in [0.2, 0.25) is 0 Å². The number of nitrogens with zero attached hydrogens (tertiary/aromatic N) is 4. The summed E-state index contributed by atoms with van der Waals surface area (Å²) in [5.41, 5.74) is 0. The average molecular weight is 249 g/mol. The van der Waals surface area contributed by atoms with E-state index in [0.717, 1.165) is 64.1 Å². The lowest BCUT2D eigenvalue weighted by atomic mass is 10.3. The molecule has 2 saturated heterocycles. The van der Waals surface area contributed by atoms with Crippen molar-refractivity contribution >= 4 is 11.6 Å². The first-order valence-electron chi connectivity index (χ1n) is 6.54. The Bertz CT molecular complexity index is 351. The Labute approximate surface area is 107 Å². The van der Waals surface area contributed by atoms with E-state index in [1.165, 1.54) is 0 Å². The fraction of sp³-hybridized carbons (Fsp3) is 0.667. The zero-order chi connectivity index (χ0) is 12.2. The van der Waals surface area contributed by atoms with Gasteiger partial charge < -0.3 is 19.9 Å². The van der Waals surface area contributed by atoms with Crippen LogP contribution >= 0.6 is 0 Å². The summed E-state index contributed by atoms with van der Waals surface area (Å²) >= 11 is 0. The summed E-state index contributed by atoms with van der Waals surface area (Å²) in [6.07, 6.45) is 3.55. The van der Waals surface area contributed by atoms with Gasteiger partial charge in [-0.1, -0.05) is 0 Å². The first kappa shape index (κ1) is 11.7. The van der Waals surface area contributed by atoms with Crippen LogP contribution in [0.5, 0.6) is 0 Å². The molecular formula is C12H19N5O. The summed E-state index contributed by atoms with van der Waals surface area (Å²) in [7, 11) is 0. The van der Waals surface area contributed by atoms with Gasteiger partial charge in [-0.3, -0.25) is 0 Å². The monoisotopic (exact) mass is 249 g/mol. The van der Waals surface area contributed by atoms with Gasteiger partial charge in [0.05, 0.1) is 13.2 Å². The van der Waals surface area contributed by atoms with Gasteiger partial charge in [-0.05, 0) is 0 Å². The Balaban J connectivity index is 1.83. The third-order valence-electron chi connectivity index (χ3n) is 3.39. The van der Waals surface area contributed by atoms with E-state index in [9.17, 15) is 0 Å². The van der Waals surface area contributed by atoms with E-state index in [2.05, 4.69) is 25.1 Å². The Morgan fingerprint density at radius 1 is 0.889 bits per heavy atom. The van der Waals surface area contributed by atoms with Crippen molar-refractivity contribution in [2.75, 3.05) is 62.3 Å². The minimum Gasteiger partial charge on any atom is -0.378 e. The van der Waals surface area contributed by atoms with Gasteiger partial charge in [0.1, 0.15) is 0 Å². The summed E-state index contributed by atoms with van der Waals surface area (Å²) in [6.45, 7) is 7.37. The molecule has 0 aliphatic carbocycles. The predicted molar refractivity (Wildman–Crippen MR) is 70.1 cm³/mol. The van der Waals surface area contributed by atoms with Gasteiger partial charge in [0.25, 0.3) is 0 Å². The highest BCUT2D eigenvalue weighted by Crippen LogP contribution is 2.24. The van der Waals surface area contributed by atoms with Crippen molar-refractivity contribution < 1.29 is 4.74 Å². The maximum Gasteiger partial charge on any atom is 0.172 e. The van der Waals surface area contributed by atoms with Gasteiger partial charge in [-0.2, -0.15) is 0 Å². The number of nitrogens with one attached hydrogen (secondary N) is 1. The van der Waals surface area contributed by atoms with E-state index in [-0.39, 0.29) is 0 Å². The summed E-state index contributed by atoms with van der Waals surface area (Å²) in [6, 6.07) is 0. The molecule has 0 radical (unpaired) electrons. The van der Waals surface area contributed by atoms with Crippen LogP contribution in [-0.2, 0) is 4.74 Å². The number of hydrogen-bond donors (Lipinski definition) is 1. The molecule has 3 heterocycles. The number of aromatic nitrogens is 2. The van der Waals surface area contributed by atoms with Gasteiger partial charge in [-0.15, -0.1) is 0 Å². The number of rotatable bonds is 2. The van der Waals surface area contributed by atoms with Crippen LogP contribution < -0.4 is 15.1 Å².